The molecule has 4 heterocycles. The van der Waals surface area contributed by atoms with E-state index in [-0.39, 0.29) is 183 Å². The standard InChI is InChI=1S/C16H24O9.C15H20O6.C15H22O6.C12H18O6.C11H16O6/c1-11(15(18)19)14(9-13-10-24-13)25-16(20)12(2)23-8-7-22-6-5-21-4-3-17;1-9(6-12-8-20-12)15(18)21-13(10(2)14(16)17)7-11-4-3-5-19-11;1-10(9-12-5-4-8-20-12)15(19)21-13(6-3-7-16)11(2)14(17)18;1-3-11(15)18-7-10(14)9(5-4-6-13)8(2)12(16)17;1-7(4-5-12)10(14)17-9(6-13)8(2)11(15)16-3/h13,17H,2-10H2,1H3,(H,18,19);11-12H,1,3-8H2,2H3,(H,16,17);12,16H,1,3-9H2,2H3,(H,17,18);3,10,13-14H,1,4-7H2,2H3,(H,16,17);12-13H,1,4-6H2,2-3H3. The SMILES string of the molecule is C=C(CC1CCCO1)C(=O)OC(CCCO)=C(C)C(=O)O.C=C(CC1CO1)C(=O)OC(CC1CCCO1)=C(C)C(=O)O.C=C(CCO)C(=O)OC(CO)=C(C)C(=O)OC.C=C(OCCOCCOCCO)C(=O)OC(CC1CO1)=C(C)C(=O)O.C=CC(=O)OCC(O)C(CCCO)=C(C)C(=O)O. The van der Waals surface area contributed by atoms with Crippen molar-refractivity contribution in [2.75, 3.05) is 106 Å². The lowest BCUT2D eigenvalue weighted by atomic mass is 9.99. The molecule has 5 unspecified atom stereocenters. The first-order valence-electron chi connectivity index (χ1n) is 32.2. The minimum absolute atomic E-state index is 0.000137. The van der Waals surface area contributed by atoms with Crippen LogP contribution in [0.2, 0.25) is 0 Å². The van der Waals surface area contributed by atoms with E-state index in [1.807, 2.05) is 0 Å². The van der Waals surface area contributed by atoms with E-state index in [0.717, 1.165) is 31.8 Å². The summed E-state index contributed by atoms with van der Waals surface area (Å²) in [6.07, 6.45) is 5.59. The number of allylic oxidation sites excluding steroid dienone is 1. The lowest BCUT2D eigenvalue weighted by molar-refractivity contribution is -0.141. The van der Waals surface area contributed by atoms with Gasteiger partial charge in [-0.2, -0.15) is 0 Å². The van der Waals surface area contributed by atoms with Crippen LogP contribution < -0.4 is 0 Å². The van der Waals surface area contributed by atoms with Crippen LogP contribution in [-0.2, 0) is 110 Å². The van der Waals surface area contributed by atoms with Crippen molar-refractivity contribution in [2.24, 2.45) is 0 Å². The minimum atomic E-state index is -1.20. The normalized spacial score (nSPS) is 17.5. The number of carboxylic acids is 4. The van der Waals surface area contributed by atoms with Crippen molar-refractivity contribution in [1.29, 1.82) is 0 Å². The number of hydrogen-bond acceptors (Lipinski definition) is 29. The highest BCUT2D eigenvalue weighted by molar-refractivity contribution is 5.93. The molecule has 10 N–H and O–H groups in total. The number of esters is 6. The monoisotopic (exact) mass is 1460 g/mol. The van der Waals surface area contributed by atoms with Crippen molar-refractivity contribution in [2.45, 2.75) is 149 Å². The Labute approximate surface area is 591 Å². The molecule has 0 spiro atoms. The molecule has 33 nitrogen and oxygen atoms in total. The molecule has 4 fully saturated rings. The van der Waals surface area contributed by atoms with Crippen molar-refractivity contribution in [3.05, 3.63) is 118 Å². The Morgan fingerprint density at radius 1 is 0.461 bits per heavy atom. The molecule has 0 radical (unpaired) electrons. The van der Waals surface area contributed by atoms with E-state index in [0.29, 0.717) is 70.9 Å². The average molecular weight is 1460 g/mol. The van der Waals surface area contributed by atoms with Crippen LogP contribution in [0.1, 0.15) is 118 Å². The lowest BCUT2D eigenvalue weighted by Crippen LogP contribution is -2.23. The van der Waals surface area contributed by atoms with Gasteiger partial charge in [0, 0.05) is 99.9 Å². The number of carboxylic acid groups (broad SMARTS) is 4. The Balaban J connectivity index is 0.00000126. The number of epoxide rings is 2. The molecule has 102 heavy (non-hydrogen) atoms. The van der Waals surface area contributed by atoms with Gasteiger partial charge in [-0.3, -0.25) is 0 Å². The van der Waals surface area contributed by atoms with Crippen LogP contribution in [0.15, 0.2) is 118 Å². The lowest BCUT2D eigenvalue weighted by Gasteiger charge is -2.16. The Bertz CT molecular complexity index is 3000. The first-order valence-corrected chi connectivity index (χ1v) is 32.2. The second-order valence-electron chi connectivity index (χ2n) is 22.3. The predicted molar refractivity (Wildman–Crippen MR) is 356 cm³/mol. The number of carbonyl (C=O) groups excluding carboxylic acids is 6. The van der Waals surface area contributed by atoms with Gasteiger partial charge in [0.1, 0.15) is 49.0 Å². The summed E-state index contributed by atoms with van der Waals surface area (Å²) in [5.41, 5.74) is 0.760. The molecule has 0 bridgehead atoms. The molecular formula is C69H100O33. The highest BCUT2D eigenvalue weighted by Gasteiger charge is 2.31. The summed E-state index contributed by atoms with van der Waals surface area (Å²) in [5, 5.41) is 89.4. The van der Waals surface area contributed by atoms with Gasteiger partial charge < -0.3 is 113 Å². The summed E-state index contributed by atoms with van der Waals surface area (Å²) in [4.78, 5) is 113. The number of rotatable bonds is 43. The van der Waals surface area contributed by atoms with Gasteiger partial charge >= 0.3 is 59.7 Å². The van der Waals surface area contributed by atoms with E-state index >= 15 is 0 Å². The summed E-state index contributed by atoms with van der Waals surface area (Å²) < 4.78 is 65.6. The van der Waals surface area contributed by atoms with Crippen molar-refractivity contribution >= 4 is 59.7 Å². The molecule has 4 saturated heterocycles. The molecule has 0 aromatic carbocycles. The van der Waals surface area contributed by atoms with Crippen molar-refractivity contribution in [1.82, 2.24) is 0 Å². The van der Waals surface area contributed by atoms with Crippen LogP contribution in [0.25, 0.3) is 0 Å². The molecule has 4 aliphatic heterocycles. The molecule has 574 valence electrons. The Morgan fingerprint density at radius 3 is 1.32 bits per heavy atom. The second kappa shape index (κ2) is 53.3. The molecule has 4 rings (SSSR count). The third-order valence-electron chi connectivity index (χ3n) is 14.3. The number of aliphatic hydroxyl groups excluding tert-OH is 6. The summed E-state index contributed by atoms with van der Waals surface area (Å²) in [5.74, 6) is -9.07. The maximum absolute atomic E-state index is 12.0. The minimum Gasteiger partial charge on any atom is -0.484 e. The summed E-state index contributed by atoms with van der Waals surface area (Å²) in [7, 11) is 1.17. The third kappa shape index (κ3) is 40.8. The number of methoxy groups -OCH3 is 1. The van der Waals surface area contributed by atoms with E-state index in [9.17, 15) is 53.1 Å². The van der Waals surface area contributed by atoms with Crippen LogP contribution in [0.5, 0.6) is 0 Å². The molecule has 0 aromatic rings. The van der Waals surface area contributed by atoms with Gasteiger partial charge in [0.25, 0.3) is 0 Å². The summed E-state index contributed by atoms with van der Waals surface area (Å²) in [6, 6.07) is 0. The Hall–Kier alpha value is -8.58. The molecule has 0 saturated carbocycles. The van der Waals surface area contributed by atoms with Gasteiger partial charge in [-0.1, -0.05) is 26.3 Å². The maximum atomic E-state index is 12.0. The molecule has 33 heteroatoms. The van der Waals surface area contributed by atoms with Crippen LogP contribution in [0, 0.1) is 0 Å². The van der Waals surface area contributed by atoms with E-state index in [1.165, 1.54) is 41.7 Å². The average Bonchev–Trinajstić information content (AvgIpc) is 1.62. The predicted octanol–water partition coefficient (Wildman–Crippen LogP) is 3.98. The zero-order valence-corrected chi connectivity index (χ0v) is 58.7. The molecular weight excluding hydrogens is 1360 g/mol. The largest absolute Gasteiger partial charge is 0.484 e. The van der Waals surface area contributed by atoms with Crippen molar-refractivity contribution in [3.8, 4) is 0 Å². The third-order valence-corrected chi connectivity index (χ3v) is 14.3. The van der Waals surface area contributed by atoms with E-state index < -0.39 is 72.4 Å². The first-order chi connectivity index (χ1) is 48.3. The van der Waals surface area contributed by atoms with Crippen LogP contribution in [0.4, 0.5) is 0 Å². The van der Waals surface area contributed by atoms with Gasteiger partial charge in [0.15, 0.2) is 5.76 Å². The Morgan fingerprint density at radius 2 is 0.882 bits per heavy atom. The highest BCUT2D eigenvalue weighted by Crippen LogP contribution is 2.27. The first kappa shape index (κ1) is 93.4. The fourth-order valence-electron chi connectivity index (χ4n) is 8.02. The zero-order chi connectivity index (χ0) is 77.4. The molecule has 4 aliphatic rings. The molecule has 0 aliphatic carbocycles. The second-order valence-corrected chi connectivity index (χ2v) is 22.3. The van der Waals surface area contributed by atoms with Gasteiger partial charge in [-0.05, 0) is 91.7 Å². The van der Waals surface area contributed by atoms with Crippen molar-refractivity contribution in [3.63, 3.8) is 0 Å². The van der Waals surface area contributed by atoms with E-state index in [1.54, 1.807) is 0 Å². The van der Waals surface area contributed by atoms with Gasteiger partial charge in [-0.15, -0.1) is 0 Å². The summed E-state index contributed by atoms with van der Waals surface area (Å²) in [6.45, 7) is 26.5. The Kier molecular flexibility index (Phi) is 48.8. The number of hydrogen-bond donors (Lipinski definition) is 10. The highest BCUT2D eigenvalue weighted by atomic mass is 16.6. The molecule has 0 aromatic heterocycles. The smallest absolute Gasteiger partial charge is 0.378 e. The quantitative estimate of drug-likeness (QED) is 0.0103. The fourth-order valence-corrected chi connectivity index (χ4v) is 8.02. The van der Waals surface area contributed by atoms with Crippen LogP contribution in [-0.4, -0.2) is 247 Å². The van der Waals surface area contributed by atoms with E-state index in [2.05, 4.69) is 42.4 Å². The topological polar surface area (TPSA) is 500 Å². The van der Waals surface area contributed by atoms with E-state index in [4.69, 9.17) is 98.1 Å². The molecule has 5 atom stereocenters. The van der Waals surface area contributed by atoms with Gasteiger partial charge in [-0.25, -0.2) is 47.9 Å². The summed E-state index contributed by atoms with van der Waals surface area (Å²) >= 11 is 0. The number of aliphatic carboxylic acids is 4. The number of aliphatic hydroxyl groups is 6. The maximum Gasteiger partial charge on any atom is 0.378 e. The fraction of sp³-hybridized carbons (Fsp3) is 0.565. The van der Waals surface area contributed by atoms with Gasteiger partial charge in [0.05, 0.1) is 100 Å². The molecule has 0 amide bonds. The van der Waals surface area contributed by atoms with Crippen LogP contribution >= 0.6 is 0 Å². The van der Waals surface area contributed by atoms with Crippen LogP contribution in [0.3, 0.4) is 0 Å². The zero-order valence-electron chi connectivity index (χ0n) is 58.7. The number of carbonyl (C=O) groups is 10. The van der Waals surface area contributed by atoms with Crippen molar-refractivity contribution < 1.29 is 161 Å². The van der Waals surface area contributed by atoms with Gasteiger partial charge in [0.2, 0.25) is 0 Å². The number of ether oxygens (including phenoxy) is 13.